The van der Waals surface area contributed by atoms with Crippen LogP contribution in [0.4, 0.5) is 0 Å². The van der Waals surface area contributed by atoms with Gasteiger partial charge < -0.3 is 19.7 Å². The van der Waals surface area contributed by atoms with E-state index in [4.69, 9.17) is 9.47 Å². The number of esters is 2. The fourth-order valence-electron chi connectivity index (χ4n) is 9.73. The quantitative estimate of drug-likeness (QED) is 0.527. The molecule has 0 aliphatic heterocycles. The van der Waals surface area contributed by atoms with Crippen LogP contribution >= 0.6 is 0 Å². The molecule has 10 atom stereocenters. The SMILES string of the molecule is CC(C)C(=O)OC[C@@]12[C@H](O)[C@@H](OC(=O)C(C)C)[C@@]3(C)[C@@H]4CC[C@H](C)[C@@H]4[C@@]3(C)[C@]1(O)CC[C@H]2C(C)C. The Bertz CT molecular complexity index is 867. The molecule has 0 bridgehead atoms. The molecule has 6 nitrogen and oxygen atoms in total. The van der Waals surface area contributed by atoms with E-state index in [1.54, 1.807) is 13.8 Å². The first kappa shape index (κ1) is 26.9. The minimum atomic E-state index is -1.24. The van der Waals surface area contributed by atoms with Crippen molar-refractivity contribution >= 4 is 11.9 Å². The fraction of sp³-hybridized carbons (Fsp3) is 0.931. The summed E-state index contributed by atoms with van der Waals surface area (Å²) in [6, 6.07) is 0. The summed E-state index contributed by atoms with van der Waals surface area (Å²) in [7, 11) is 0. The second-order valence-electron chi connectivity index (χ2n) is 13.7. The van der Waals surface area contributed by atoms with Crippen LogP contribution in [-0.2, 0) is 19.1 Å². The lowest BCUT2D eigenvalue weighted by molar-refractivity contribution is -0.401. The Morgan fingerprint density at radius 3 is 2.11 bits per heavy atom. The van der Waals surface area contributed by atoms with E-state index >= 15 is 0 Å². The summed E-state index contributed by atoms with van der Waals surface area (Å²) in [5.74, 6) is -0.218. The van der Waals surface area contributed by atoms with E-state index in [9.17, 15) is 19.8 Å². The van der Waals surface area contributed by atoms with Gasteiger partial charge in [-0.15, -0.1) is 0 Å². The van der Waals surface area contributed by atoms with Crippen molar-refractivity contribution in [2.24, 2.45) is 57.7 Å². The van der Waals surface area contributed by atoms with Gasteiger partial charge in [-0.25, -0.2) is 0 Å². The number of hydrogen-bond donors (Lipinski definition) is 2. The van der Waals surface area contributed by atoms with Crippen LogP contribution in [0.5, 0.6) is 0 Å². The van der Waals surface area contributed by atoms with Gasteiger partial charge in [-0.05, 0) is 48.9 Å². The standard InChI is InChI=1S/C29H48O6/c1-15(2)19-12-13-29(33)27(9)21-18(7)10-11-20(21)26(27,8)23(35-25(32)17(5)6)22(30)28(19,29)14-34-24(31)16(3)4/h15-23,30,33H,10-14H2,1-9H3/t18-,19-,20+,21-,22+,23+,26+,27+,28+,29+/m0/s1. The van der Waals surface area contributed by atoms with Crippen LogP contribution < -0.4 is 0 Å². The second kappa shape index (κ2) is 8.44. The molecule has 4 aliphatic rings. The number of fused-ring (bicyclic) bond motifs is 6. The highest BCUT2D eigenvalue weighted by molar-refractivity contribution is 5.72. The van der Waals surface area contributed by atoms with Crippen molar-refractivity contribution < 1.29 is 29.3 Å². The molecular weight excluding hydrogens is 444 g/mol. The maximum atomic E-state index is 13.0. The normalized spacial score (nSPS) is 48.4. The summed E-state index contributed by atoms with van der Waals surface area (Å²) >= 11 is 0. The zero-order chi connectivity index (χ0) is 26.3. The Balaban J connectivity index is 1.92. The molecule has 0 spiro atoms. The largest absolute Gasteiger partial charge is 0.465 e. The van der Waals surface area contributed by atoms with E-state index < -0.39 is 34.1 Å². The van der Waals surface area contributed by atoms with Gasteiger partial charge >= 0.3 is 11.9 Å². The average molecular weight is 493 g/mol. The molecule has 2 N–H and O–H groups in total. The third-order valence-corrected chi connectivity index (χ3v) is 11.5. The molecular formula is C29H48O6. The van der Waals surface area contributed by atoms with Crippen LogP contribution in [-0.4, -0.2) is 46.6 Å². The molecule has 4 saturated carbocycles. The summed E-state index contributed by atoms with van der Waals surface area (Å²) in [6.45, 7) is 18.0. The lowest BCUT2D eigenvalue weighted by Gasteiger charge is -2.79. The first-order valence-corrected chi connectivity index (χ1v) is 13.9. The van der Waals surface area contributed by atoms with E-state index in [2.05, 4.69) is 34.6 Å². The molecule has 35 heavy (non-hydrogen) atoms. The van der Waals surface area contributed by atoms with E-state index in [-0.39, 0.29) is 54.1 Å². The number of ether oxygens (including phenoxy) is 2. The second-order valence-corrected chi connectivity index (χ2v) is 13.7. The van der Waals surface area contributed by atoms with E-state index in [0.29, 0.717) is 12.3 Å². The van der Waals surface area contributed by atoms with E-state index in [1.807, 2.05) is 13.8 Å². The van der Waals surface area contributed by atoms with Crippen LogP contribution in [0, 0.1) is 57.7 Å². The molecule has 0 aromatic heterocycles. The van der Waals surface area contributed by atoms with Gasteiger partial charge in [-0.2, -0.15) is 0 Å². The molecule has 0 saturated heterocycles. The molecule has 4 rings (SSSR count). The van der Waals surface area contributed by atoms with Gasteiger partial charge in [-0.1, -0.05) is 68.7 Å². The van der Waals surface area contributed by atoms with Crippen molar-refractivity contribution in [3.8, 4) is 0 Å². The third-order valence-electron chi connectivity index (χ3n) is 11.5. The van der Waals surface area contributed by atoms with Gasteiger partial charge in [0.25, 0.3) is 0 Å². The van der Waals surface area contributed by atoms with Crippen molar-refractivity contribution in [3.05, 3.63) is 0 Å². The van der Waals surface area contributed by atoms with Gasteiger partial charge in [0.05, 0.1) is 22.9 Å². The number of aliphatic hydroxyl groups is 2. The topological polar surface area (TPSA) is 93.1 Å². The molecule has 0 amide bonds. The summed E-state index contributed by atoms with van der Waals surface area (Å²) < 4.78 is 12.1. The number of aliphatic hydroxyl groups excluding tert-OH is 1. The minimum absolute atomic E-state index is 0.0578. The summed E-state index contributed by atoms with van der Waals surface area (Å²) in [4.78, 5) is 25.7. The lowest BCUT2D eigenvalue weighted by atomic mass is 9.27. The summed E-state index contributed by atoms with van der Waals surface area (Å²) in [6.07, 6.45) is 1.50. The van der Waals surface area contributed by atoms with Crippen molar-refractivity contribution in [2.45, 2.75) is 106 Å². The van der Waals surface area contributed by atoms with Crippen molar-refractivity contribution in [3.63, 3.8) is 0 Å². The summed E-state index contributed by atoms with van der Waals surface area (Å²) in [5, 5.41) is 25.3. The molecule has 0 heterocycles. The van der Waals surface area contributed by atoms with Crippen molar-refractivity contribution in [1.82, 2.24) is 0 Å². The first-order valence-electron chi connectivity index (χ1n) is 13.9. The highest BCUT2D eigenvalue weighted by Gasteiger charge is 2.88. The molecule has 0 unspecified atom stereocenters. The van der Waals surface area contributed by atoms with Gasteiger partial charge in [0.15, 0.2) is 0 Å². The van der Waals surface area contributed by atoms with Crippen LogP contribution in [0.3, 0.4) is 0 Å². The summed E-state index contributed by atoms with van der Waals surface area (Å²) in [5.41, 5.74) is -3.47. The molecule has 4 fully saturated rings. The lowest BCUT2D eigenvalue weighted by Crippen LogP contribution is -2.86. The van der Waals surface area contributed by atoms with Crippen LogP contribution in [0.25, 0.3) is 0 Å². The predicted octanol–water partition coefficient (Wildman–Crippen LogP) is 4.60. The molecule has 4 aliphatic carbocycles. The van der Waals surface area contributed by atoms with Gasteiger partial charge in [0.2, 0.25) is 0 Å². The molecule has 0 aromatic rings. The number of carbonyl (C=O) groups is 2. The number of rotatable bonds is 6. The van der Waals surface area contributed by atoms with Crippen LogP contribution in [0.1, 0.15) is 88.0 Å². The Morgan fingerprint density at radius 2 is 1.57 bits per heavy atom. The maximum absolute atomic E-state index is 13.0. The predicted molar refractivity (Wildman–Crippen MR) is 133 cm³/mol. The zero-order valence-corrected chi connectivity index (χ0v) is 23.3. The van der Waals surface area contributed by atoms with Crippen molar-refractivity contribution in [1.29, 1.82) is 0 Å². The molecule has 0 aromatic carbocycles. The highest BCUT2D eigenvalue weighted by atomic mass is 16.6. The van der Waals surface area contributed by atoms with Crippen molar-refractivity contribution in [2.75, 3.05) is 6.61 Å². The van der Waals surface area contributed by atoms with Crippen LogP contribution in [0.15, 0.2) is 0 Å². The van der Waals surface area contributed by atoms with Gasteiger partial charge in [-0.3, -0.25) is 9.59 Å². The maximum Gasteiger partial charge on any atom is 0.308 e. The molecule has 200 valence electrons. The van der Waals surface area contributed by atoms with E-state index in [0.717, 1.165) is 19.3 Å². The zero-order valence-electron chi connectivity index (χ0n) is 23.3. The Hall–Kier alpha value is -1.14. The van der Waals surface area contributed by atoms with Crippen LogP contribution in [0.2, 0.25) is 0 Å². The molecule has 6 heteroatoms. The fourth-order valence-corrected chi connectivity index (χ4v) is 9.73. The van der Waals surface area contributed by atoms with Gasteiger partial charge in [0.1, 0.15) is 18.8 Å². The number of hydrogen-bond acceptors (Lipinski definition) is 6. The Kier molecular flexibility index (Phi) is 6.49. The minimum Gasteiger partial charge on any atom is -0.465 e. The average Bonchev–Trinajstić information content (AvgIpc) is 3.31. The third kappa shape index (κ3) is 3.08. The first-order chi connectivity index (χ1) is 16.1. The number of carbonyl (C=O) groups excluding carboxylic acids is 2. The highest BCUT2D eigenvalue weighted by Crippen LogP contribution is 2.84. The molecule has 0 radical (unpaired) electrons. The van der Waals surface area contributed by atoms with Gasteiger partial charge in [0, 0.05) is 10.8 Å². The smallest absolute Gasteiger partial charge is 0.308 e. The Morgan fingerprint density at radius 1 is 0.971 bits per heavy atom. The van der Waals surface area contributed by atoms with E-state index in [1.165, 1.54) is 0 Å². The monoisotopic (exact) mass is 492 g/mol. The Labute approximate surface area is 211 Å².